The van der Waals surface area contributed by atoms with Crippen LogP contribution < -0.4 is 5.73 Å². The number of hydrogen-bond acceptors (Lipinski definition) is 3. The Hall–Kier alpha value is -1.94. The van der Waals surface area contributed by atoms with E-state index in [4.69, 9.17) is 5.73 Å². The van der Waals surface area contributed by atoms with Crippen molar-refractivity contribution in [2.45, 2.75) is 37.8 Å². The molecule has 2 unspecified atom stereocenters. The zero-order valence-corrected chi connectivity index (χ0v) is 11.3. The molecule has 4 heteroatoms. The largest absolute Gasteiger partial charge is 0.328 e. The van der Waals surface area contributed by atoms with Crippen LogP contribution in [0.15, 0.2) is 36.4 Å². The number of amides is 2. The lowest BCUT2D eigenvalue weighted by Gasteiger charge is -2.32. The summed E-state index contributed by atoms with van der Waals surface area (Å²) >= 11 is 0. The molecule has 0 aromatic heterocycles. The third-order valence-electron chi connectivity index (χ3n) is 4.09. The smallest absolute Gasteiger partial charge is 0.261 e. The average molecular weight is 270 g/mol. The maximum Gasteiger partial charge on any atom is 0.261 e. The van der Waals surface area contributed by atoms with Crippen LogP contribution in [0.1, 0.15) is 31.2 Å². The Kier molecular flexibility index (Phi) is 3.40. The topological polar surface area (TPSA) is 63.4 Å². The quantitative estimate of drug-likeness (QED) is 0.832. The highest BCUT2D eigenvalue weighted by Crippen LogP contribution is 2.30. The van der Waals surface area contributed by atoms with Gasteiger partial charge in [-0.15, -0.1) is 0 Å². The van der Waals surface area contributed by atoms with E-state index in [-0.39, 0.29) is 23.9 Å². The fourth-order valence-electron chi connectivity index (χ4n) is 3.09. The highest BCUT2D eigenvalue weighted by Gasteiger charge is 2.38. The number of carbonyl (C=O) groups is 2. The molecule has 0 radical (unpaired) electrons. The molecular formula is C16H18N2O2. The molecule has 1 heterocycles. The van der Waals surface area contributed by atoms with Gasteiger partial charge in [0.25, 0.3) is 11.8 Å². The van der Waals surface area contributed by atoms with Crippen molar-refractivity contribution in [3.8, 4) is 0 Å². The van der Waals surface area contributed by atoms with Crippen molar-refractivity contribution in [1.82, 2.24) is 4.90 Å². The molecule has 0 saturated heterocycles. The van der Waals surface area contributed by atoms with Gasteiger partial charge in [0.05, 0.1) is 5.57 Å². The number of rotatable bonds is 2. The van der Waals surface area contributed by atoms with Crippen LogP contribution in [-0.2, 0) is 9.59 Å². The molecule has 4 nitrogen and oxygen atoms in total. The lowest BCUT2D eigenvalue weighted by molar-refractivity contribution is -0.139. The molecule has 2 N–H and O–H groups in total. The van der Waals surface area contributed by atoms with Crippen LogP contribution in [0.4, 0.5) is 0 Å². The van der Waals surface area contributed by atoms with Gasteiger partial charge in [0.1, 0.15) is 0 Å². The van der Waals surface area contributed by atoms with E-state index < -0.39 is 0 Å². The highest BCUT2D eigenvalue weighted by atomic mass is 16.2. The summed E-state index contributed by atoms with van der Waals surface area (Å²) in [5, 5.41) is 0. The zero-order chi connectivity index (χ0) is 14.1. The van der Waals surface area contributed by atoms with Gasteiger partial charge in [0, 0.05) is 18.2 Å². The normalized spacial score (nSPS) is 26.9. The Labute approximate surface area is 118 Å². The van der Waals surface area contributed by atoms with Gasteiger partial charge < -0.3 is 5.73 Å². The molecule has 0 spiro atoms. The lowest BCUT2D eigenvalue weighted by atomic mass is 9.90. The van der Waals surface area contributed by atoms with Gasteiger partial charge in [-0.3, -0.25) is 14.5 Å². The standard InChI is InChI=1S/C16H18N2O2/c17-12-7-4-8-13(9-12)18-15(19)10-14(16(18)20)11-5-2-1-3-6-11/h1-3,5-6,10,12-13H,4,7-9,17H2. The summed E-state index contributed by atoms with van der Waals surface area (Å²) < 4.78 is 0. The van der Waals surface area contributed by atoms with Crippen LogP contribution in [0.5, 0.6) is 0 Å². The predicted octanol–water partition coefficient (Wildman–Crippen LogP) is 1.71. The van der Waals surface area contributed by atoms with E-state index >= 15 is 0 Å². The second kappa shape index (κ2) is 5.21. The minimum atomic E-state index is -0.201. The van der Waals surface area contributed by atoms with E-state index in [2.05, 4.69) is 0 Å². The molecule has 1 aromatic carbocycles. The van der Waals surface area contributed by atoms with E-state index in [0.717, 1.165) is 24.8 Å². The first-order chi connectivity index (χ1) is 9.66. The van der Waals surface area contributed by atoms with Crippen molar-refractivity contribution in [2.75, 3.05) is 0 Å². The summed E-state index contributed by atoms with van der Waals surface area (Å²) in [6, 6.07) is 9.38. The van der Waals surface area contributed by atoms with Crippen molar-refractivity contribution in [3.05, 3.63) is 42.0 Å². The molecule has 20 heavy (non-hydrogen) atoms. The first-order valence-electron chi connectivity index (χ1n) is 7.07. The maximum atomic E-state index is 12.5. The zero-order valence-electron chi connectivity index (χ0n) is 11.3. The van der Waals surface area contributed by atoms with Gasteiger partial charge in [-0.25, -0.2) is 0 Å². The summed E-state index contributed by atoms with van der Waals surface area (Å²) in [5.74, 6) is -0.381. The molecule has 0 bridgehead atoms. The number of hydrogen-bond donors (Lipinski definition) is 1. The monoisotopic (exact) mass is 270 g/mol. The molecule has 1 aliphatic carbocycles. The molecule has 2 aliphatic rings. The van der Waals surface area contributed by atoms with Gasteiger partial charge in [-0.2, -0.15) is 0 Å². The van der Waals surface area contributed by atoms with E-state index in [0.29, 0.717) is 12.0 Å². The second-order valence-corrected chi connectivity index (χ2v) is 5.52. The molecule has 104 valence electrons. The first-order valence-corrected chi connectivity index (χ1v) is 7.07. The van der Waals surface area contributed by atoms with Crippen LogP contribution >= 0.6 is 0 Å². The van der Waals surface area contributed by atoms with E-state index in [1.54, 1.807) is 0 Å². The van der Waals surface area contributed by atoms with Gasteiger partial charge in [0.2, 0.25) is 0 Å². The van der Waals surface area contributed by atoms with Crippen LogP contribution in [0.2, 0.25) is 0 Å². The van der Waals surface area contributed by atoms with Crippen LogP contribution in [0.25, 0.3) is 5.57 Å². The Morgan fingerprint density at radius 2 is 1.85 bits per heavy atom. The average Bonchev–Trinajstić information content (AvgIpc) is 2.75. The SMILES string of the molecule is NC1CCCC(N2C(=O)C=C(c3ccccc3)C2=O)C1. The highest BCUT2D eigenvalue weighted by molar-refractivity contribution is 6.33. The maximum absolute atomic E-state index is 12.5. The number of nitrogens with two attached hydrogens (primary N) is 1. The Balaban J connectivity index is 1.84. The number of benzene rings is 1. The van der Waals surface area contributed by atoms with E-state index in [9.17, 15) is 9.59 Å². The van der Waals surface area contributed by atoms with Crippen LogP contribution in [-0.4, -0.2) is 28.8 Å². The Bertz CT molecular complexity index is 565. The first kappa shape index (κ1) is 13.1. The summed E-state index contributed by atoms with van der Waals surface area (Å²) in [6.07, 6.45) is 4.99. The third kappa shape index (κ3) is 2.27. The molecule has 1 fully saturated rings. The van der Waals surface area contributed by atoms with Gasteiger partial charge in [-0.05, 0) is 31.2 Å². The minimum Gasteiger partial charge on any atom is -0.328 e. The molecule has 2 atom stereocenters. The van der Waals surface area contributed by atoms with Crippen LogP contribution in [0.3, 0.4) is 0 Å². The minimum absolute atomic E-state index is 0.0452. The third-order valence-corrected chi connectivity index (χ3v) is 4.09. The molecule has 1 saturated carbocycles. The number of nitrogens with zero attached hydrogens (tertiary/aromatic N) is 1. The Morgan fingerprint density at radius 3 is 2.55 bits per heavy atom. The van der Waals surface area contributed by atoms with Gasteiger partial charge in [0.15, 0.2) is 0 Å². The van der Waals surface area contributed by atoms with Gasteiger partial charge >= 0.3 is 0 Å². The molecular weight excluding hydrogens is 252 g/mol. The fraction of sp³-hybridized carbons (Fsp3) is 0.375. The van der Waals surface area contributed by atoms with Crippen molar-refractivity contribution in [1.29, 1.82) is 0 Å². The molecule has 1 aliphatic heterocycles. The summed E-state index contributed by atoms with van der Waals surface area (Å²) in [4.78, 5) is 26.1. The Morgan fingerprint density at radius 1 is 1.10 bits per heavy atom. The van der Waals surface area contributed by atoms with Gasteiger partial charge in [-0.1, -0.05) is 30.3 Å². The number of carbonyl (C=O) groups excluding carboxylic acids is 2. The summed E-state index contributed by atoms with van der Waals surface area (Å²) in [7, 11) is 0. The van der Waals surface area contributed by atoms with Crippen molar-refractivity contribution >= 4 is 17.4 Å². The van der Waals surface area contributed by atoms with Crippen molar-refractivity contribution in [2.24, 2.45) is 5.73 Å². The molecule has 2 amide bonds. The summed E-state index contributed by atoms with van der Waals surface area (Å²) in [6.45, 7) is 0. The van der Waals surface area contributed by atoms with Crippen molar-refractivity contribution < 1.29 is 9.59 Å². The molecule has 1 aromatic rings. The van der Waals surface area contributed by atoms with Crippen LogP contribution in [0, 0.1) is 0 Å². The van der Waals surface area contributed by atoms with Crippen molar-refractivity contribution in [3.63, 3.8) is 0 Å². The van der Waals surface area contributed by atoms with E-state index in [1.165, 1.54) is 11.0 Å². The number of imide groups is 1. The lowest BCUT2D eigenvalue weighted by Crippen LogP contribution is -2.45. The second-order valence-electron chi connectivity index (χ2n) is 5.52. The predicted molar refractivity (Wildman–Crippen MR) is 76.5 cm³/mol. The molecule has 3 rings (SSSR count). The fourth-order valence-corrected chi connectivity index (χ4v) is 3.09. The van der Waals surface area contributed by atoms with E-state index in [1.807, 2.05) is 30.3 Å². The summed E-state index contributed by atoms with van der Waals surface area (Å²) in [5.41, 5.74) is 7.26.